The first-order valence-corrected chi connectivity index (χ1v) is 12.8. The van der Waals surface area contributed by atoms with Crippen molar-refractivity contribution in [2.75, 3.05) is 61.3 Å². The van der Waals surface area contributed by atoms with E-state index in [9.17, 15) is 14.4 Å². The van der Waals surface area contributed by atoms with Crippen LogP contribution in [0.5, 0.6) is 0 Å². The van der Waals surface area contributed by atoms with Crippen molar-refractivity contribution >= 4 is 34.8 Å². The number of nitrogens with zero attached hydrogens (tertiary/aromatic N) is 4. The van der Waals surface area contributed by atoms with Gasteiger partial charge in [0.05, 0.1) is 0 Å². The first-order chi connectivity index (χ1) is 17.4. The minimum atomic E-state index is -0.570. The molecule has 4 aliphatic rings. The molecule has 4 heterocycles. The molecule has 3 fully saturated rings. The Morgan fingerprint density at radius 1 is 0.889 bits per heavy atom. The predicted molar refractivity (Wildman–Crippen MR) is 138 cm³/mol. The molecule has 6 rings (SSSR count). The van der Waals surface area contributed by atoms with E-state index in [4.69, 9.17) is 5.73 Å². The van der Waals surface area contributed by atoms with Crippen LogP contribution in [0.4, 0.5) is 17.1 Å². The third kappa shape index (κ3) is 4.28. The average Bonchev–Trinajstić information content (AvgIpc) is 3.17. The summed E-state index contributed by atoms with van der Waals surface area (Å²) < 4.78 is 0. The molecule has 3 amide bonds. The molecule has 0 saturated carbocycles. The van der Waals surface area contributed by atoms with E-state index in [-0.39, 0.29) is 24.1 Å². The first-order valence-electron chi connectivity index (χ1n) is 12.8. The largest absolute Gasteiger partial charge is 0.399 e. The molecule has 0 aromatic heterocycles. The lowest BCUT2D eigenvalue weighted by Gasteiger charge is -2.45. The van der Waals surface area contributed by atoms with Crippen molar-refractivity contribution in [2.45, 2.75) is 25.4 Å². The van der Waals surface area contributed by atoms with Crippen molar-refractivity contribution in [1.82, 2.24) is 15.1 Å². The van der Waals surface area contributed by atoms with Crippen LogP contribution in [0.15, 0.2) is 42.5 Å². The van der Waals surface area contributed by atoms with Gasteiger partial charge in [0.1, 0.15) is 6.04 Å². The van der Waals surface area contributed by atoms with Gasteiger partial charge in [-0.05, 0) is 54.4 Å². The predicted octanol–water partition coefficient (Wildman–Crippen LogP) is 1.29. The van der Waals surface area contributed by atoms with Gasteiger partial charge in [0, 0.05) is 87.3 Å². The molecule has 0 spiro atoms. The molecule has 3 saturated heterocycles. The highest BCUT2D eigenvalue weighted by Crippen LogP contribution is 2.33. The maximum Gasteiger partial charge on any atom is 0.255 e. The zero-order valence-electron chi connectivity index (χ0n) is 20.4. The van der Waals surface area contributed by atoms with Crippen LogP contribution in [0.25, 0.3) is 0 Å². The Balaban J connectivity index is 1.00. The number of carbonyl (C=O) groups excluding carboxylic acids is 3. The Bertz CT molecular complexity index is 1180. The third-order valence-electron chi connectivity index (χ3n) is 7.98. The van der Waals surface area contributed by atoms with Crippen LogP contribution >= 0.6 is 0 Å². The van der Waals surface area contributed by atoms with Crippen LogP contribution in [0.2, 0.25) is 0 Å². The standard InChI is InChI=1S/C27H32N6O3/c28-20-1-3-21(4-2-20)31-11-9-30(10-12-31)14-18-15-32(16-18)22-5-6-23-19(13-22)17-33(27(23)36)24-7-8-25(34)29-26(24)35/h1-6,13,18,24H,7-12,14-17,28H2,(H,29,34,35). The van der Waals surface area contributed by atoms with Gasteiger partial charge in [-0.1, -0.05) is 0 Å². The van der Waals surface area contributed by atoms with Gasteiger partial charge in [-0.15, -0.1) is 0 Å². The molecule has 2 aromatic carbocycles. The number of carbonyl (C=O) groups is 3. The first kappa shape index (κ1) is 22.8. The van der Waals surface area contributed by atoms with Gasteiger partial charge in [-0.3, -0.25) is 24.6 Å². The fraction of sp³-hybridized carbons (Fsp3) is 0.444. The summed E-state index contributed by atoms with van der Waals surface area (Å²) in [5.41, 5.74) is 10.6. The van der Waals surface area contributed by atoms with E-state index in [2.05, 4.69) is 38.2 Å². The third-order valence-corrected chi connectivity index (χ3v) is 7.98. The highest BCUT2D eigenvalue weighted by Gasteiger charge is 2.39. The lowest BCUT2D eigenvalue weighted by molar-refractivity contribution is -0.136. The SMILES string of the molecule is Nc1ccc(N2CCN(CC3CN(c4ccc5c(c4)CN(C4CCC(=O)NC4=O)C5=O)C3)CC2)cc1. The summed E-state index contributed by atoms with van der Waals surface area (Å²) >= 11 is 0. The molecule has 1 atom stereocenters. The lowest BCUT2D eigenvalue weighted by atomic mass is 9.97. The van der Waals surface area contributed by atoms with E-state index in [1.54, 1.807) is 4.90 Å². The van der Waals surface area contributed by atoms with E-state index in [1.807, 2.05) is 24.3 Å². The number of nitrogens with two attached hydrogens (primary N) is 1. The van der Waals surface area contributed by atoms with Crippen LogP contribution in [0.1, 0.15) is 28.8 Å². The molecule has 2 aromatic rings. The zero-order chi connectivity index (χ0) is 24.8. The maximum absolute atomic E-state index is 12.9. The van der Waals surface area contributed by atoms with Crippen LogP contribution in [0, 0.1) is 5.92 Å². The van der Waals surface area contributed by atoms with Crippen LogP contribution < -0.4 is 20.9 Å². The minimum Gasteiger partial charge on any atom is -0.399 e. The topological polar surface area (TPSA) is 102 Å². The smallest absolute Gasteiger partial charge is 0.255 e. The van der Waals surface area contributed by atoms with Gasteiger partial charge in [-0.2, -0.15) is 0 Å². The normalized spacial score (nSPS) is 23.1. The van der Waals surface area contributed by atoms with Crippen molar-refractivity contribution in [1.29, 1.82) is 0 Å². The molecule has 9 nitrogen and oxygen atoms in total. The summed E-state index contributed by atoms with van der Waals surface area (Å²) in [7, 11) is 0. The Labute approximate surface area is 210 Å². The number of hydrogen-bond acceptors (Lipinski definition) is 7. The quantitative estimate of drug-likeness (QED) is 0.483. The fourth-order valence-corrected chi connectivity index (χ4v) is 5.89. The summed E-state index contributed by atoms with van der Waals surface area (Å²) in [6.07, 6.45) is 0.659. The number of benzene rings is 2. The van der Waals surface area contributed by atoms with E-state index in [0.29, 0.717) is 24.4 Å². The number of fused-ring (bicyclic) bond motifs is 1. The number of amides is 3. The van der Waals surface area contributed by atoms with E-state index < -0.39 is 6.04 Å². The summed E-state index contributed by atoms with van der Waals surface area (Å²) in [5.74, 6) is -0.111. The number of piperazine rings is 1. The number of nitrogens with one attached hydrogen (secondary N) is 1. The van der Waals surface area contributed by atoms with Crippen LogP contribution in [0.3, 0.4) is 0 Å². The van der Waals surface area contributed by atoms with Gasteiger partial charge in [-0.25, -0.2) is 0 Å². The molecular formula is C27H32N6O3. The molecule has 3 N–H and O–H groups in total. The van der Waals surface area contributed by atoms with Crippen molar-refractivity contribution < 1.29 is 14.4 Å². The summed E-state index contributed by atoms with van der Waals surface area (Å²) in [4.78, 5) is 45.6. The highest BCUT2D eigenvalue weighted by molar-refractivity contribution is 6.05. The number of rotatable bonds is 5. The zero-order valence-corrected chi connectivity index (χ0v) is 20.4. The Morgan fingerprint density at radius 2 is 1.61 bits per heavy atom. The molecule has 0 aliphatic carbocycles. The fourth-order valence-electron chi connectivity index (χ4n) is 5.89. The Kier molecular flexibility index (Phi) is 5.79. The van der Waals surface area contributed by atoms with Gasteiger partial charge in [0.25, 0.3) is 5.91 Å². The molecule has 1 unspecified atom stereocenters. The van der Waals surface area contributed by atoms with E-state index >= 15 is 0 Å². The van der Waals surface area contributed by atoms with Crippen molar-refractivity contribution in [3.05, 3.63) is 53.6 Å². The van der Waals surface area contributed by atoms with Crippen molar-refractivity contribution in [3.63, 3.8) is 0 Å². The average molecular weight is 489 g/mol. The number of anilines is 3. The molecule has 36 heavy (non-hydrogen) atoms. The Hall–Kier alpha value is -3.59. The van der Waals surface area contributed by atoms with Crippen molar-refractivity contribution in [2.24, 2.45) is 5.92 Å². The lowest BCUT2D eigenvalue weighted by Crippen LogP contribution is -2.55. The minimum absolute atomic E-state index is 0.120. The summed E-state index contributed by atoms with van der Waals surface area (Å²) in [5, 5.41) is 2.36. The molecule has 4 aliphatic heterocycles. The van der Waals surface area contributed by atoms with E-state index in [1.165, 1.54) is 5.69 Å². The Morgan fingerprint density at radius 3 is 2.33 bits per heavy atom. The summed E-state index contributed by atoms with van der Waals surface area (Å²) in [6.45, 7) is 7.76. The number of imide groups is 1. The second-order valence-corrected chi connectivity index (χ2v) is 10.4. The molecule has 0 radical (unpaired) electrons. The van der Waals surface area contributed by atoms with Gasteiger partial charge >= 0.3 is 0 Å². The van der Waals surface area contributed by atoms with E-state index in [0.717, 1.165) is 62.8 Å². The van der Waals surface area contributed by atoms with Crippen molar-refractivity contribution in [3.8, 4) is 0 Å². The number of hydrogen-bond donors (Lipinski definition) is 2. The van der Waals surface area contributed by atoms with Gasteiger partial charge in [0.2, 0.25) is 11.8 Å². The number of nitrogen functional groups attached to an aromatic ring is 1. The second-order valence-electron chi connectivity index (χ2n) is 10.4. The number of piperidine rings is 1. The van der Waals surface area contributed by atoms with Crippen LogP contribution in [-0.4, -0.2) is 79.4 Å². The highest BCUT2D eigenvalue weighted by atomic mass is 16.2. The molecular weight excluding hydrogens is 456 g/mol. The monoisotopic (exact) mass is 488 g/mol. The second kappa shape index (κ2) is 9.13. The van der Waals surface area contributed by atoms with Gasteiger partial charge in [0.15, 0.2) is 0 Å². The maximum atomic E-state index is 12.9. The van der Waals surface area contributed by atoms with Crippen LogP contribution in [-0.2, 0) is 16.1 Å². The molecule has 188 valence electrons. The molecule has 0 bridgehead atoms. The van der Waals surface area contributed by atoms with Gasteiger partial charge < -0.3 is 20.4 Å². The molecule has 9 heteroatoms. The summed E-state index contributed by atoms with van der Waals surface area (Å²) in [6, 6.07) is 13.6.